The van der Waals surface area contributed by atoms with Crippen molar-refractivity contribution in [2.24, 2.45) is 5.10 Å². The van der Waals surface area contributed by atoms with Gasteiger partial charge in [-0.3, -0.25) is 9.91 Å². The third-order valence-electron chi connectivity index (χ3n) is 6.86. The number of rotatable bonds is 6. The number of hydrogen-bond donors (Lipinski definition) is 0. The largest absolute Gasteiger partial charge is 0.378 e. The highest BCUT2D eigenvalue weighted by atomic mass is 35.5. The van der Waals surface area contributed by atoms with Crippen molar-refractivity contribution in [1.82, 2.24) is 14.8 Å². The fraction of sp³-hybridized carbons (Fsp3) is 0.393. The van der Waals surface area contributed by atoms with Gasteiger partial charge in [0.05, 0.1) is 19.4 Å². The maximum absolute atomic E-state index is 6.09. The van der Waals surface area contributed by atoms with E-state index in [1.165, 1.54) is 28.0 Å². The van der Waals surface area contributed by atoms with Gasteiger partial charge in [-0.25, -0.2) is 0 Å². The van der Waals surface area contributed by atoms with E-state index in [0.29, 0.717) is 0 Å². The minimum Gasteiger partial charge on any atom is -0.378 e. The summed E-state index contributed by atoms with van der Waals surface area (Å²) in [5, 5.41) is 8.69. The van der Waals surface area contributed by atoms with Gasteiger partial charge < -0.3 is 9.64 Å². The molecule has 2 aromatic carbocycles. The van der Waals surface area contributed by atoms with E-state index in [2.05, 4.69) is 51.4 Å². The lowest BCUT2D eigenvalue weighted by Gasteiger charge is -2.33. The lowest BCUT2D eigenvalue weighted by Crippen LogP contribution is -2.43. The number of allylic oxidation sites excluding steroid dienone is 2. The van der Waals surface area contributed by atoms with Crippen LogP contribution >= 0.6 is 23.2 Å². The van der Waals surface area contributed by atoms with Crippen LogP contribution in [0.3, 0.4) is 0 Å². The summed E-state index contributed by atoms with van der Waals surface area (Å²) in [4.78, 5) is 4.96. The van der Waals surface area contributed by atoms with Crippen molar-refractivity contribution in [2.75, 3.05) is 52.5 Å². The van der Waals surface area contributed by atoms with Crippen molar-refractivity contribution in [3.05, 3.63) is 86.5 Å². The van der Waals surface area contributed by atoms with Gasteiger partial charge in [-0.05, 0) is 65.5 Å². The van der Waals surface area contributed by atoms with Crippen LogP contribution in [0.1, 0.15) is 24.0 Å². The van der Waals surface area contributed by atoms with Crippen LogP contribution in [0.4, 0.5) is 0 Å². The molecule has 2 aliphatic heterocycles. The second kappa shape index (κ2) is 11.6. The number of morpholine rings is 1. The molecule has 2 fully saturated rings. The molecule has 7 heteroatoms. The summed E-state index contributed by atoms with van der Waals surface area (Å²) in [6.07, 6.45) is 6.47. The fourth-order valence-electron chi connectivity index (χ4n) is 4.94. The zero-order chi connectivity index (χ0) is 24.0. The first kappa shape index (κ1) is 24.4. The predicted octanol–water partition coefficient (Wildman–Crippen LogP) is 5.56. The van der Waals surface area contributed by atoms with Gasteiger partial charge in [0.1, 0.15) is 0 Å². The minimum absolute atomic E-state index is 0.767. The van der Waals surface area contributed by atoms with Gasteiger partial charge in [0.2, 0.25) is 0 Å². The summed E-state index contributed by atoms with van der Waals surface area (Å²) in [6.45, 7) is 8.26. The van der Waals surface area contributed by atoms with E-state index in [0.717, 1.165) is 81.9 Å². The number of piperazine rings is 1. The molecule has 0 N–H and O–H groups in total. The average molecular weight is 511 g/mol. The highest BCUT2D eigenvalue weighted by Crippen LogP contribution is 2.35. The zero-order valence-electron chi connectivity index (χ0n) is 20.0. The Kier molecular flexibility index (Phi) is 8.09. The zero-order valence-corrected chi connectivity index (χ0v) is 21.5. The van der Waals surface area contributed by atoms with Gasteiger partial charge in [-0.15, -0.1) is 0 Å². The van der Waals surface area contributed by atoms with E-state index in [1.54, 1.807) is 0 Å². The molecule has 184 valence electrons. The van der Waals surface area contributed by atoms with Gasteiger partial charge in [0.15, 0.2) is 0 Å². The first-order valence-corrected chi connectivity index (χ1v) is 13.2. The smallest absolute Gasteiger partial charge is 0.0642 e. The van der Waals surface area contributed by atoms with Gasteiger partial charge in [-0.1, -0.05) is 47.5 Å². The Labute approximate surface area is 218 Å². The highest BCUT2D eigenvalue weighted by molar-refractivity contribution is 6.30. The second-order valence-electron chi connectivity index (χ2n) is 9.30. The summed E-state index contributed by atoms with van der Waals surface area (Å²) < 4.78 is 5.62. The maximum atomic E-state index is 6.09. The normalized spacial score (nSPS) is 21.0. The Morgan fingerprint density at radius 3 is 2.14 bits per heavy atom. The standard InChI is InChI=1S/C28H32Cl2N4O/c29-26-7-1-22(2-8-26)19-24-5-6-25(28(24)33-15-17-35-18-16-33)20-31-34-13-11-32(12-14-34)21-23-3-9-27(30)10-4-23/h1-4,7-10,19-20H,5-6,11-18,21H2/b24-19+,31-20+. The number of ether oxygens (including phenoxy) is 1. The topological polar surface area (TPSA) is 31.3 Å². The molecule has 0 aromatic heterocycles. The molecule has 0 bridgehead atoms. The molecule has 0 radical (unpaired) electrons. The van der Waals surface area contributed by atoms with Crippen LogP contribution in [-0.2, 0) is 11.3 Å². The van der Waals surface area contributed by atoms with Crippen LogP contribution in [-0.4, -0.2) is 73.5 Å². The van der Waals surface area contributed by atoms with Gasteiger partial charge in [0, 0.05) is 61.6 Å². The predicted molar refractivity (Wildman–Crippen MR) is 145 cm³/mol. The maximum Gasteiger partial charge on any atom is 0.0642 e. The molecular formula is C28H32Cl2N4O. The van der Waals surface area contributed by atoms with Crippen molar-refractivity contribution in [3.63, 3.8) is 0 Å². The molecule has 0 saturated carbocycles. The van der Waals surface area contributed by atoms with Gasteiger partial charge in [-0.2, -0.15) is 5.10 Å². The third-order valence-corrected chi connectivity index (χ3v) is 7.36. The van der Waals surface area contributed by atoms with Crippen LogP contribution in [0.25, 0.3) is 6.08 Å². The molecule has 0 atom stereocenters. The van der Waals surface area contributed by atoms with E-state index in [9.17, 15) is 0 Å². The van der Waals surface area contributed by atoms with Crippen LogP contribution < -0.4 is 0 Å². The first-order valence-electron chi connectivity index (χ1n) is 12.4. The molecule has 2 aromatic rings. The Balaban J connectivity index is 1.26. The van der Waals surface area contributed by atoms with Crippen molar-refractivity contribution >= 4 is 35.5 Å². The van der Waals surface area contributed by atoms with Crippen LogP contribution in [0.2, 0.25) is 10.0 Å². The van der Waals surface area contributed by atoms with E-state index < -0.39 is 0 Å². The van der Waals surface area contributed by atoms with Crippen LogP contribution in [0.5, 0.6) is 0 Å². The van der Waals surface area contributed by atoms with Crippen molar-refractivity contribution in [1.29, 1.82) is 0 Å². The van der Waals surface area contributed by atoms with E-state index >= 15 is 0 Å². The van der Waals surface area contributed by atoms with E-state index in [4.69, 9.17) is 33.0 Å². The van der Waals surface area contributed by atoms with E-state index in [1.807, 2.05) is 24.3 Å². The molecule has 0 amide bonds. The van der Waals surface area contributed by atoms with Crippen LogP contribution in [0, 0.1) is 0 Å². The molecule has 0 unspecified atom stereocenters. The molecule has 35 heavy (non-hydrogen) atoms. The Hall–Kier alpha value is -2.31. The Morgan fingerprint density at radius 2 is 1.46 bits per heavy atom. The highest BCUT2D eigenvalue weighted by Gasteiger charge is 2.26. The lowest BCUT2D eigenvalue weighted by atomic mass is 10.1. The van der Waals surface area contributed by atoms with Gasteiger partial charge >= 0.3 is 0 Å². The summed E-state index contributed by atoms with van der Waals surface area (Å²) in [6, 6.07) is 16.2. The number of nitrogens with zero attached hydrogens (tertiary/aromatic N) is 4. The summed E-state index contributed by atoms with van der Waals surface area (Å²) >= 11 is 12.1. The SMILES string of the molecule is Clc1ccc(/C=C2\CCC(/C=N/N3CCN(Cc4ccc(Cl)cc4)CC3)=C2N2CCOCC2)cc1. The minimum atomic E-state index is 0.767. The molecule has 5 rings (SSSR count). The molecule has 5 nitrogen and oxygen atoms in total. The Morgan fingerprint density at radius 1 is 0.800 bits per heavy atom. The first-order chi connectivity index (χ1) is 17.1. The fourth-order valence-corrected chi connectivity index (χ4v) is 5.19. The quantitative estimate of drug-likeness (QED) is 0.476. The number of hydrogen-bond acceptors (Lipinski definition) is 5. The van der Waals surface area contributed by atoms with Gasteiger partial charge in [0.25, 0.3) is 0 Å². The molecule has 2 heterocycles. The molecule has 1 aliphatic carbocycles. The summed E-state index contributed by atoms with van der Waals surface area (Å²) in [5.74, 6) is 0. The third kappa shape index (κ3) is 6.47. The van der Waals surface area contributed by atoms with Crippen molar-refractivity contribution in [2.45, 2.75) is 19.4 Å². The van der Waals surface area contributed by atoms with Crippen molar-refractivity contribution < 1.29 is 4.74 Å². The van der Waals surface area contributed by atoms with E-state index in [-0.39, 0.29) is 0 Å². The monoisotopic (exact) mass is 510 g/mol. The number of hydrazone groups is 1. The molecule has 2 saturated heterocycles. The van der Waals surface area contributed by atoms with Crippen LogP contribution in [0.15, 0.2) is 70.5 Å². The summed E-state index contributed by atoms with van der Waals surface area (Å²) in [7, 11) is 0. The average Bonchev–Trinajstić information content (AvgIpc) is 3.29. The number of benzene rings is 2. The second-order valence-corrected chi connectivity index (χ2v) is 10.2. The molecule has 0 spiro atoms. The summed E-state index contributed by atoms with van der Waals surface area (Å²) in [5.41, 5.74) is 6.54. The van der Waals surface area contributed by atoms with Crippen molar-refractivity contribution in [3.8, 4) is 0 Å². The molecular weight excluding hydrogens is 479 g/mol. The Bertz CT molecular complexity index is 1080. The number of halogens is 2. The molecule has 3 aliphatic rings. The lowest BCUT2D eigenvalue weighted by molar-refractivity contribution is 0.0548.